The Kier molecular flexibility index (Phi) is 4.58. The minimum Gasteiger partial charge on any atom is -0.482 e. The van der Waals surface area contributed by atoms with Gasteiger partial charge in [-0.1, -0.05) is 60.7 Å². The first-order valence-electron chi connectivity index (χ1n) is 9.38. The van der Waals surface area contributed by atoms with Crippen LogP contribution in [-0.4, -0.2) is 17.5 Å². The number of thiazole rings is 1. The molecule has 0 fully saturated rings. The molecule has 1 aliphatic rings. The largest absolute Gasteiger partial charge is 0.482 e. The number of hydrogen-bond donors (Lipinski definition) is 0. The van der Waals surface area contributed by atoms with Crippen molar-refractivity contribution in [2.75, 3.05) is 11.5 Å². The molecule has 4 aromatic rings. The number of carbonyl (C=O) groups excluding carboxylic acids is 1. The molecule has 1 aliphatic heterocycles. The summed E-state index contributed by atoms with van der Waals surface area (Å²) >= 11 is 1.55. The number of aromatic nitrogens is 1. The van der Waals surface area contributed by atoms with E-state index >= 15 is 0 Å². The molecule has 142 valence electrons. The Labute approximate surface area is 173 Å². The zero-order valence-corrected chi connectivity index (χ0v) is 16.4. The molecule has 2 heterocycles. The SMILES string of the molecule is O=C1COc2ccc(-c3cscn3)cc2N1C(c1ccccc1)c1ccccc1. The molecule has 1 aromatic heterocycles. The molecule has 0 saturated heterocycles. The summed E-state index contributed by atoms with van der Waals surface area (Å²) in [5.74, 6) is 0.645. The maximum atomic E-state index is 13.1. The highest BCUT2D eigenvalue weighted by Crippen LogP contribution is 2.42. The summed E-state index contributed by atoms with van der Waals surface area (Å²) in [6, 6.07) is 25.9. The van der Waals surface area contributed by atoms with Gasteiger partial charge in [0.1, 0.15) is 5.75 Å². The fraction of sp³-hybridized carbons (Fsp3) is 0.0833. The van der Waals surface area contributed by atoms with Crippen molar-refractivity contribution >= 4 is 22.9 Å². The van der Waals surface area contributed by atoms with E-state index in [2.05, 4.69) is 29.2 Å². The molecule has 5 rings (SSSR count). The second-order valence-electron chi connectivity index (χ2n) is 6.83. The molecule has 0 unspecified atom stereocenters. The first-order valence-corrected chi connectivity index (χ1v) is 10.3. The Morgan fingerprint density at radius 3 is 2.24 bits per heavy atom. The van der Waals surface area contributed by atoms with Crippen molar-refractivity contribution in [1.82, 2.24) is 4.98 Å². The lowest BCUT2D eigenvalue weighted by molar-refractivity contribution is -0.121. The van der Waals surface area contributed by atoms with Crippen LogP contribution in [0, 0.1) is 0 Å². The van der Waals surface area contributed by atoms with E-state index in [1.54, 1.807) is 11.3 Å². The maximum Gasteiger partial charge on any atom is 0.265 e. The zero-order valence-electron chi connectivity index (χ0n) is 15.6. The van der Waals surface area contributed by atoms with Crippen molar-refractivity contribution < 1.29 is 9.53 Å². The van der Waals surface area contributed by atoms with E-state index in [-0.39, 0.29) is 18.6 Å². The van der Waals surface area contributed by atoms with Crippen LogP contribution in [0.3, 0.4) is 0 Å². The number of amides is 1. The Balaban J connectivity index is 1.69. The standard InChI is InChI=1S/C24H18N2O2S/c27-23-14-28-22-12-11-19(20-15-29-16-25-20)13-21(22)26(23)24(17-7-3-1-4-8-17)18-9-5-2-6-10-18/h1-13,15-16,24H,14H2. The smallest absolute Gasteiger partial charge is 0.265 e. The van der Waals surface area contributed by atoms with Crippen LogP contribution in [0.2, 0.25) is 0 Å². The highest BCUT2D eigenvalue weighted by Gasteiger charge is 2.34. The summed E-state index contributed by atoms with van der Waals surface area (Å²) in [5.41, 5.74) is 6.55. The van der Waals surface area contributed by atoms with Gasteiger partial charge in [-0.25, -0.2) is 4.98 Å². The van der Waals surface area contributed by atoms with Crippen LogP contribution >= 0.6 is 11.3 Å². The van der Waals surface area contributed by atoms with Crippen molar-refractivity contribution in [2.45, 2.75) is 6.04 Å². The van der Waals surface area contributed by atoms with Gasteiger partial charge in [0, 0.05) is 10.9 Å². The molecule has 1 amide bonds. The lowest BCUT2D eigenvalue weighted by Gasteiger charge is -2.36. The van der Waals surface area contributed by atoms with Gasteiger partial charge in [-0.2, -0.15) is 0 Å². The summed E-state index contributed by atoms with van der Waals surface area (Å²) in [5, 5.41) is 2.00. The van der Waals surface area contributed by atoms with Crippen LogP contribution in [0.25, 0.3) is 11.3 Å². The zero-order chi connectivity index (χ0) is 19.6. The van der Waals surface area contributed by atoms with Gasteiger partial charge in [0.15, 0.2) is 6.61 Å². The molecule has 3 aromatic carbocycles. The van der Waals surface area contributed by atoms with Crippen LogP contribution in [-0.2, 0) is 4.79 Å². The molecule has 4 nitrogen and oxygen atoms in total. The quantitative estimate of drug-likeness (QED) is 0.467. The minimum atomic E-state index is -0.238. The average molecular weight is 398 g/mol. The fourth-order valence-corrected chi connectivity index (χ4v) is 4.29. The second kappa shape index (κ2) is 7.53. The van der Waals surface area contributed by atoms with E-state index in [4.69, 9.17) is 4.74 Å². The monoisotopic (exact) mass is 398 g/mol. The molecular formula is C24H18N2O2S. The van der Waals surface area contributed by atoms with Crippen molar-refractivity contribution in [3.8, 4) is 17.0 Å². The molecule has 0 spiro atoms. The van der Waals surface area contributed by atoms with E-state index < -0.39 is 0 Å². The topological polar surface area (TPSA) is 42.4 Å². The van der Waals surface area contributed by atoms with Crippen LogP contribution in [0.4, 0.5) is 5.69 Å². The predicted molar refractivity (Wildman–Crippen MR) is 115 cm³/mol. The third-order valence-electron chi connectivity index (χ3n) is 5.06. The van der Waals surface area contributed by atoms with Gasteiger partial charge in [-0.05, 0) is 29.3 Å². The number of benzene rings is 3. The number of nitrogens with zero attached hydrogens (tertiary/aromatic N) is 2. The van der Waals surface area contributed by atoms with Crippen molar-refractivity contribution in [3.05, 3.63) is 101 Å². The summed E-state index contributed by atoms with van der Waals surface area (Å²) < 4.78 is 5.75. The predicted octanol–water partition coefficient (Wildman–Crippen LogP) is 5.33. The highest BCUT2D eigenvalue weighted by atomic mass is 32.1. The van der Waals surface area contributed by atoms with Gasteiger partial charge in [0.25, 0.3) is 5.91 Å². The minimum absolute atomic E-state index is 0.0270. The normalized spacial score (nSPS) is 13.3. The highest BCUT2D eigenvalue weighted by molar-refractivity contribution is 7.07. The first kappa shape index (κ1) is 17.6. The molecule has 29 heavy (non-hydrogen) atoms. The van der Waals surface area contributed by atoms with Crippen LogP contribution in [0.15, 0.2) is 89.8 Å². The number of hydrogen-bond acceptors (Lipinski definition) is 4. The summed E-state index contributed by atoms with van der Waals surface area (Å²) in [7, 11) is 0. The molecule has 0 aliphatic carbocycles. The molecule has 0 radical (unpaired) electrons. The number of carbonyl (C=O) groups is 1. The number of ether oxygens (including phenoxy) is 1. The maximum absolute atomic E-state index is 13.1. The average Bonchev–Trinajstić information content (AvgIpc) is 3.32. The van der Waals surface area contributed by atoms with Crippen molar-refractivity contribution in [3.63, 3.8) is 0 Å². The molecular weight excluding hydrogens is 380 g/mol. The van der Waals surface area contributed by atoms with Gasteiger partial charge in [0.2, 0.25) is 0 Å². The van der Waals surface area contributed by atoms with Crippen LogP contribution in [0.5, 0.6) is 5.75 Å². The number of anilines is 1. The van der Waals surface area contributed by atoms with Gasteiger partial charge in [-0.3, -0.25) is 9.69 Å². The van der Waals surface area contributed by atoms with E-state index in [1.807, 2.05) is 70.4 Å². The van der Waals surface area contributed by atoms with Crippen LogP contribution < -0.4 is 9.64 Å². The third-order valence-corrected chi connectivity index (χ3v) is 5.64. The number of fused-ring (bicyclic) bond motifs is 1. The molecule has 0 bridgehead atoms. The van der Waals surface area contributed by atoms with Crippen molar-refractivity contribution in [1.29, 1.82) is 0 Å². The Morgan fingerprint density at radius 1 is 0.931 bits per heavy atom. The lowest BCUT2D eigenvalue weighted by Crippen LogP contribution is -2.42. The van der Waals surface area contributed by atoms with E-state index in [0.29, 0.717) is 5.75 Å². The Hall–Kier alpha value is -3.44. The van der Waals surface area contributed by atoms with Gasteiger partial charge >= 0.3 is 0 Å². The van der Waals surface area contributed by atoms with E-state index in [0.717, 1.165) is 28.1 Å². The Morgan fingerprint density at radius 2 is 1.62 bits per heavy atom. The van der Waals surface area contributed by atoms with E-state index in [9.17, 15) is 4.79 Å². The Bertz CT molecular complexity index is 1090. The van der Waals surface area contributed by atoms with Crippen molar-refractivity contribution in [2.24, 2.45) is 0 Å². The second-order valence-corrected chi connectivity index (χ2v) is 7.55. The van der Waals surface area contributed by atoms with Gasteiger partial charge < -0.3 is 4.74 Å². The number of rotatable bonds is 4. The summed E-state index contributed by atoms with van der Waals surface area (Å²) in [6.07, 6.45) is 0. The first-order chi connectivity index (χ1) is 14.3. The third kappa shape index (κ3) is 3.30. The molecule has 5 heteroatoms. The molecule has 0 saturated carbocycles. The van der Waals surface area contributed by atoms with Gasteiger partial charge in [0.05, 0.1) is 22.9 Å². The fourth-order valence-electron chi connectivity index (χ4n) is 3.73. The van der Waals surface area contributed by atoms with Gasteiger partial charge in [-0.15, -0.1) is 11.3 Å². The summed E-state index contributed by atoms with van der Waals surface area (Å²) in [4.78, 5) is 19.4. The molecule has 0 N–H and O–H groups in total. The van der Waals surface area contributed by atoms with E-state index in [1.165, 1.54) is 0 Å². The lowest BCUT2D eigenvalue weighted by atomic mass is 9.95. The summed E-state index contributed by atoms with van der Waals surface area (Å²) in [6.45, 7) is 0.0270. The molecule has 0 atom stereocenters. The van der Waals surface area contributed by atoms with Crippen LogP contribution in [0.1, 0.15) is 17.2 Å².